The summed E-state index contributed by atoms with van der Waals surface area (Å²) in [5, 5.41) is 20.4. The van der Waals surface area contributed by atoms with Gasteiger partial charge in [-0.25, -0.2) is 9.97 Å². The predicted molar refractivity (Wildman–Crippen MR) is 191 cm³/mol. The van der Waals surface area contributed by atoms with E-state index in [0.717, 1.165) is 73.9 Å². The predicted octanol–water partition coefficient (Wildman–Crippen LogP) is 6.62. The van der Waals surface area contributed by atoms with Crippen molar-refractivity contribution >= 4 is 34.3 Å². The summed E-state index contributed by atoms with van der Waals surface area (Å²) >= 11 is 1.68. The summed E-state index contributed by atoms with van der Waals surface area (Å²) in [5.41, 5.74) is 9.62. The van der Waals surface area contributed by atoms with Crippen LogP contribution in [0.25, 0.3) is 44.3 Å². The van der Waals surface area contributed by atoms with Gasteiger partial charge in [-0.2, -0.15) is 5.26 Å². The lowest BCUT2D eigenvalue weighted by Gasteiger charge is -2.24. The van der Waals surface area contributed by atoms with Gasteiger partial charge in [-0.15, -0.1) is 11.3 Å². The molecule has 3 aliphatic rings. The molecule has 10 nitrogen and oxygen atoms in total. The second kappa shape index (κ2) is 12.8. The first-order chi connectivity index (χ1) is 24.2. The molecular weight excluding hydrogens is 649 g/mol. The highest BCUT2D eigenvalue weighted by molar-refractivity contribution is 7.15. The van der Waals surface area contributed by atoms with E-state index in [2.05, 4.69) is 54.0 Å². The molecule has 5 aromatic rings. The molecule has 2 fully saturated rings. The maximum Gasteiger partial charge on any atom is 0.307 e. The van der Waals surface area contributed by atoms with Crippen LogP contribution in [0, 0.1) is 31.1 Å². The largest absolute Gasteiger partial charge is 0.481 e. The summed E-state index contributed by atoms with van der Waals surface area (Å²) in [7, 11) is 2.04. The van der Waals surface area contributed by atoms with Crippen LogP contribution in [0.1, 0.15) is 52.1 Å². The minimum atomic E-state index is -0.763. The van der Waals surface area contributed by atoms with Crippen LogP contribution in [0.15, 0.2) is 52.9 Å². The van der Waals surface area contributed by atoms with Crippen molar-refractivity contribution < 1.29 is 19.1 Å². The lowest BCUT2D eigenvalue weighted by molar-refractivity contribution is -0.141. The van der Waals surface area contributed by atoms with Crippen molar-refractivity contribution in [2.75, 3.05) is 26.7 Å². The van der Waals surface area contributed by atoms with E-state index in [1.54, 1.807) is 11.3 Å². The summed E-state index contributed by atoms with van der Waals surface area (Å²) < 4.78 is 6.28. The van der Waals surface area contributed by atoms with Gasteiger partial charge in [-0.1, -0.05) is 30.3 Å². The highest BCUT2D eigenvalue weighted by Gasteiger charge is 2.35. The van der Waals surface area contributed by atoms with Crippen molar-refractivity contribution in [1.82, 2.24) is 24.7 Å². The van der Waals surface area contributed by atoms with Gasteiger partial charge >= 0.3 is 5.97 Å². The Morgan fingerprint density at radius 2 is 1.74 bits per heavy atom. The molecule has 50 heavy (non-hydrogen) atoms. The number of likely N-dealkylation sites (tertiary alicyclic amines) is 2. The molecule has 0 bridgehead atoms. The summed E-state index contributed by atoms with van der Waals surface area (Å²) in [6.07, 6.45) is 2.62. The molecule has 3 aromatic carbocycles. The van der Waals surface area contributed by atoms with Gasteiger partial charge in [-0.05, 0) is 99.3 Å². The summed E-state index contributed by atoms with van der Waals surface area (Å²) in [6, 6.07) is 18.4. The van der Waals surface area contributed by atoms with Crippen molar-refractivity contribution in [3.63, 3.8) is 0 Å². The number of rotatable bonds is 7. The Balaban J connectivity index is 1.06. The second-order valence-corrected chi connectivity index (χ2v) is 14.9. The molecule has 2 aromatic heterocycles. The van der Waals surface area contributed by atoms with E-state index in [9.17, 15) is 20.0 Å². The minimum Gasteiger partial charge on any atom is -0.481 e. The zero-order valence-corrected chi connectivity index (χ0v) is 29.2. The maximum atomic E-state index is 13.2. The second-order valence-electron chi connectivity index (χ2n) is 13.9. The van der Waals surface area contributed by atoms with Gasteiger partial charge in [-0.3, -0.25) is 19.4 Å². The molecular formula is C39H38N6O4S. The molecule has 1 N–H and O–H groups in total. The van der Waals surface area contributed by atoms with Crippen LogP contribution in [0.4, 0.5) is 0 Å². The van der Waals surface area contributed by atoms with Gasteiger partial charge in [0.15, 0.2) is 5.58 Å². The van der Waals surface area contributed by atoms with E-state index in [-0.39, 0.29) is 17.9 Å². The molecule has 11 heteroatoms. The lowest BCUT2D eigenvalue weighted by Crippen LogP contribution is -2.41. The van der Waals surface area contributed by atoms with Gasteiger partial charge in [0, 0.05) is 29.1 Å². The SMILES string of the molecule is Cc1c(-c2nc3cc(CN4CC[C@@H](C(=O)O)C4)cc(C#N)c3o2)cccc1-c1cccc(-c2nc3c(s2)CN(C(=O)[C@@H]2CCCN2C)C3)c1C. The normalized spacial score (nSPS) is 19.4. The molecule has 2 saturated heterocycles. The molecule has 1 amide bonds. The fourth-order valence-electron chi connectivity index (χ4n) is 7.88. The van der Waals surface area contributed by atoms with E-state index in [0.29, 0.717) is 61.7 Å². The van der Waals surface area contributed by atoms with Crippen molar-refractivity contribution in [3.05, 3.63) is 81.4 Å². The quantitative estimate of drug-likeness (QED) is 0.201. The van der Waals surface area contributed by atoms with Crippen molar-refractivity contribution in [2.45, 2.75) is 58.8 Å². The zero-order valence-electron chi connectivity index (χ0n) is 28.4. The number of nitriles is 1. The number of hydrogen-bond donors (Lipinski definition) is 1. The molecule has 0 aliphatic carbocycles. The van der Waals surface area contributed by atoms with Gasteiger partial charge in [0.2, 0.25) is 11.8 Å². The molecule has 0 radical (unpaired) electrons. The highest BCUT2D eigenvalue weighted by Crippen LogP contribution is 2.41. The van der Waals surface area contributed by atoms with E-state index < -0.39 is 5.97 Å². The number of aromatic nitrogens is 2. The standard InChI is InChI=1S/C39H38N6O4S/c1-22-27(28-8-5-10-30(23(28)2)37-42-32-20-45(21-34(32)50-37)38(46)33-11-6-13-43(33)3)7-4-9-29(22)36-41-31-16-24(15-26(17-40)35(31)49-36)18-44-14-12-25(19-44)39(47)48/h4-5,7-10,15-16,25,33H,6,11-14,18-21H2,1-3H3,(H,47,48)/t25-,33+/m1/s1. The average Bonchev–Trinajstić information content (AvgIpc) is 3.93. The molecule has 2 atom stereocenters. The molecule has 0 spiro atoms. The van der Waals surface area contributed by atoms with Crippen LogP contribution >= 0.6 is 11.3 Å². The Labute approximate surface area is 294 Å². The number of carboxylic acid groups (broad SMARTS) is 1. The number of nitrogens with zero attached hydrogens (tertiary/aromatic N) is 6. The van der Waals surface area contributed by atoms with Gasteiger partial charge < -0.3 is 14.4 Å². The molecule has 0 saturated carbocycles. The van der Waals surface area contributed by atoms with Crippen LogP contribution in [0.3, 0.4) is 0 Å². The van der Waals surface area contributed by atoms with Gasteiger partial charge in [0.1, 0.15) is 16.6 Å². The van der Waals surface area contributed by atoms with Crippen LogP contribution in [-0.2, 0) is 29.2 Å². The fourth-order valence-corrected chi connectivity index (χ4v) is 9.05. The van der Waals surface area contributed by atoms with E-state index in [1.807, 2.05) is 36.2 Å². The smallest absolute Gasteiger partial charge is 0.307 e. The number of oxazole rings is 1. The first kappa shape index (κ1) is 32.3. The first-order valence-corrected chi connectivity index (χ1v) is 18.0. The number of aliphatic carboxylic acids is 1. The van der Waals surface area contributed by atoms with Crippen LogP contribution in [0.2, 0.25) is 0 Å². The number of fused-ring (bicyclic) bond motifs is 2. The first-order valence-electron chi connectivity index (χ1n) is 17.1. The molecule has 5 heterocycles. The Kier molecular flexibility index (Phi) is 8.26. The van der Waals surface area contributed by atoms with E-state index in [1.165, 1.54) is 0 Å². The average molecular weight is 687 g/mol. The molecule has 254 valence electrons. The number of benzene rings is 3. The fraction of sp³-hybridized carbons (Fsp3) is 0.359. The topological polar surface area (TPSA) is 127 Å². The number of carboxylic acids is 1. The number of hydrogen-bond acceptors (Lipinski definition) is 9. The Morgan fingerprint density at radius 3 is 2.42 bits per heavy atom. The molecule has 8 rings (SSSR count). The van der Waals surface area contributed by atoms with Gasteiger partial charge in [0.25, 0.3) is 0 Å². The van der Waals surface area contributed by atoms with E-state index in [4.69, 9.17) is 14.4 Å². The Hall–Kier alpha value is -4.89. The third-order valence-corrected chi connectivity index (χ3v) is 11.8. The van der Waals surface area contributed by atoms with Crippen LogP contribution < -0.4 is 0 Å². The lowest BCUT2D eigenvalue weighted by atomic mass is 9.91. The molecule has 0 unspecified atom stereocenters. The van der Waals surface area contributed by atoms with Crippen LogP contribution in [0.5, 0.6) is 0 Å². The Bertz CT molecular complexity index is 2190. The maximum absolute atomic E-state index is 13.2. The highest BCUT2D eigenvalue weighted by atomic mass is 32.1. The molecule has 3 aliphatic heterocycles. The van der Waals surface area contributed by atoms with Crippen molar-refractivity contribution in [3.8, 4) is 39.2 Å². The number of thiazole rings is 1. The third kappa shape index (κ3) is 5.67. The zero-order chi connectivity index (χ0) is 34.7. The van der Waals surface area contributed by atoms with E-state index >= 15 is 0 Å². The van der Waals surface area contributed by atoms with Crippen LogP contribution in [-0.4, -0.2) is 74.4 Å². The summed E-state index contributed by atoms with van der Waals surface area (Å²) in [5.74, 6) is -0.457. The van der Waals surface area contributed by atoms with Crippen molar-refractivity contribution in [1.29, 1.82) is 5.26 Å². The number of amides is 1. The summed E-state index contributed by atoms with van der Waals surface area (Å²) in [6.45, 7) is 8.12. The Morgan fingerprint density at radius 1 is 1.00 bits per heavy atom. The monoisotopic (exact) mass is 686 g/mol. The minimum absolute atomic E-state index is 0.0165. The number of carbonyl (C=O) groups is 2. The van der Waals surface area contributed by atoms with Crippen molar-refractivity contribution in [2.24, 2.45) is 5.92 Å². The summed E-state index contributed by atoms with van der Waals surface area (Å²) in [4.78, 5) is 42.0. The number of carbonyl (C=O) groups excluding carboxylic acids is 1. The number of likely N-dealkylation sites (N-methyl/N-ethyl adjacent to an activating group) is 1. The van der Waals surface area contributed by atoms with Gasteiger partial charge in [0.05, 0.1) is 36.3 Å². The third-order valence-electron chi connectivity index (χ3n) is 10.7.